The average molecular weight is 247 g/mol. The van der Waals surface area contributed by atoms with Gasteiger partial charge < -0.3 is 5.73 Å². The number of nitrogens with zero attached hydrogens (tertiary/aromatic N) is 4. The molecule has 1 aromatic rings. The fraction of sp³-hybridized carbons (Fsp3) is 0.692. The highest BCUT2D eigenvalue weighted by atomic mass is 15.3. The first-order valence-corrected chi connectivity index (χ1v) is 6.84. The van der Waals surface area contributed by atoms with Crippen LogP contribution >= 0.6 is 0 Å². The molecule has 0 saturated carbocycles. The molecule has 5 nitrogen and oxygen atoms in total. The van der Waals surface area contributed by atoms with E-state index < -0.39 is 0 Å². The molecule has 0 spiro atoms. The van der Waals surface area contributed by atoms with Gasteiger partial charge in [-0.15, -0.1) is 0 Å². The molecular formula is C13H21N5. The minimum Gasteiger partial charge on any atom is -0.382 e. The van der Waals surface area contributed by atoms with Gasteiger partial charge in [0.2, 0.25) is 0 Å². The highest BCUT2D eigenvalue weighted by molar-refractivity contribution is 5.22. The van der Waals surface area contributed by atoms with Crippen LogP contribution in [0.5, 0.6) is 0 Å². The minimum absolute atomic E-state index is 0.496. The zero-order valence-corrected chi connectivity index (χ0v) is 10.8. The van der Waals surface area contributed by atoms with Crippen LogP contribution in [0.2, 0.25) is 0 Å². The standard InChI is InChI=1S/C13H21N5/c14-13-8-15-11(7-16-13)9-17-5-6-18-4-2-1-3-12(18)10-17/h7-8,12H,1-6,9-10H2,(H2,14,16). The van der Waals surface area contributed by atoms with Crippen molar-refractivity contribution in [1.29, 1.82) is 0 Å². The van der Waals surface area contributed by atoms with Crippen LogP contribution in [0.25, 0.3) is 0 Å². The van der Waals surface area contributed by atoms with Gasteiger partial charge in [-0.1, -0.05) is 6.42 Å². The lowest BCUT2D eigenvalue weighted by atomic mass is 9.99. The molecule has 2 saturated heterocycles. The summed E-state index contributed by atoms with van der Waals surface area (Å²) in [5.74, 6) is 0.496. The summed E-state index contributed by atoms with van der Waals surface area (Å²) in [4.78, 5) is 13.6. The molecule has 0 amide bonds. The molecule has 2 aliphatic rings. The van der Waals surface area contributed by atoms with E-state index in [1.54, 1.807) is 12.4 Å². The molecule has 98 valence electrons. The van der Waals surface area contributed by atoms with E-state index in [4.69, 9.17) is 5.73 Å². The molecule has 1 unspecified atom stereocenters. The Kier molecular flexibility index (Phi) is 3.43. The van der Waals surface area contributed by atoms with Gasteiger partial charge in [-0.3, -0.25) is 14.8 Å². The summed E-state index contributed by atoms with van der Waals surface area (Å²) in [5, 5.41) is 0. The van der Waals surface area contributed by atoms with Gasteiger partial charge in [-0.25, -0.2) is 4.98 Å². The number of piperidine rings is 1. The number of nitrogen functional groups attached to an aromatic ring is 1. The molecule has 3 rings (SSSR count). The van der Waals surface area contributed by atoms with E-state index in [-0.39, 0.29) is 0 Å². The lowest BCUT2D eigenvalue weighted by molar-refractivity contribution is 0.0451. The number of anilines is 1. The largest absolute Gasteiger partial charge is 0.382 e. The summed E-state index contributed by atoms with van der Waals surface area (Å²) in [6.07, 6.45) is 7.55. The number of hydrogen-bond acceptors (Lipinski definition) is 5. The maximum Gasteiger partial charge on any atom is 0.141 e. The van der Waals surface area contributed by atoms with E-state index in [0.717, 1.165) is 24.8 Å². The van der Waals surface area contributed by atoms with E-state index in [2.05, 4.69) is 19.8 Å². The third-order valence-corrected chi connectivity index (χ3v) is 4.03. The Bertz CT molecular complexity index is 391. The van der Waals surface area contributed by atoms with Gasteiger partial charge in [-0.05, 0) is 19.4 Å². The summed E-state index contributed by atoms with van der Waals surface area (Å²) in [6, 6.07) is 0.759. The highest BCUT2D eigenvalue weighted by Crippen LogP contribution is 2.21. The van der Waals surface area contributed by atoms with Gasteiger partial charge >= 0.3 is 0 Å². The van der Waals surface area contributed by atoms with Crippen molar-refractivity contribution in [3.63, 3.8) is 0 Å². The zero-order valence-electron chi connectivity index (χ0n) is 10.8. The summed E-state index contributed by atoms with van der Waals surface area (Å²) in [6.45, 7) is 5.71. The van der Waals surface area contributed by atoms with Crippen LogP contribution in [0.15, 0.2) is 12.4 Å². The molecule has 3 heterocycles. The smallest absolute Gasteiger partial charge is 0.141 e. The maximum atomic E-state index is 5.55. The zero-order chi connectivity index (χ0) is 12.4. The van der Waals surface area contributed by atoms with Crippen molar-refractivity contribution in [3.8, 4) is 0 Å². The molecular weight excluding hydrogens is 226 g/mol. The van der Waals surface area contributed by atoms with Crippen LogP contribution in [0.4, 0.5) is 5.82 Å². The molecule has 2 fully saturated rings. The quantitative estimate of drug-likeness (QED) is 0.835. The van der Waals surface area contributed by atoms with Crippen molar-refractivity contribution in [2.75, 3.05) is 31.9 Å². The highest BCUT2D eigenvalue weighted by Gasteiger charge is 2.28. The van der Waals surface area contributed by atoms with Crippen LogP contribution in [0, 0.1) is 0 Å². The molecule has 2 N–H and O–H groups in total. The first-order valence-electron chi connectivity index (χ1n) is 6.84. The molecule has 1 atom stereocenters. The molecule has 0 aromatic carbocycles. The monoisotopic (exact) mass is 247 g/mol. The molecule has 18 heavy (non-hydrogen) atoms. The molecule has 2 aliphatic heterocycles. The van der Waals surface area contributed by atoms with Gasteiger partial charge in [0.15, 0.2) is 0 Å². The van der Waals surface area contributed by atoms with Crippen molar-refractivity contribution in [3.05, 3.63) is 18.1 Å². The first-order chi connectivity index (χ1) is 8.81. The molecule has 1 aromatic heterocycles. The lowest BCUT2D eigenvalue weighted by Crippen LogP contribution is -2.54. The number of hydrogen-bond donors (Lipinski definition) is 1. The van der Waals surface area contributed by atoms with Crippen molar-refractivity contribution >= 4 is 5.82 Å². The third kappa shape index (κ3) is 2.62. The van der Waals surface area contributed by atoms with Crippen LogP contribution in [-0.2, 0) is 6.54 Å². The summed E-state index contributed by atoms with van der Waals surface area (Å²) in [7, 11) is 0. The van der Waals surface area contributed by atoms with E-state index in [1.165, 1.54) is 38.9 Å². The average Bonchev–Trinajstić information content (AvgIpc) is 2.41. The fourth-order valence-corrected chi connectivity index (χ4v) is 3.04. The lowest BCUT2D eigenvalue weighted by Gasteiger charge is -2.43. The normalized spacial score (nSPS) is 25.9. The molecule has 0 bridgehead atoms. The van der Waals surface area contributed by atoms with Gasteiger partial charge in [0.1, 0.15) is 5.82 Å². The first kappa shape index (κ1) is 11.9. The third-order valence-electron chi connectivity index (χ3n) is 4.03. The van der Waals surface area contributed by atoms with Gasteiger partial charge in [0.05, 0.1) is 18.1 Å². The Morgan fingerprint density at radius 1 is 1.17 bits per heavy atom. The van der Waals surface area contributed by atoms with E-state index in [1.807, 2.05) is 0 Å². The Morgan fingerprint density at radius 2 is 2.11 bits per heavy atom. The molecule has 5 heteroatoms. The van der Waals surface area contributed by atoms with E-state index in [9.17, 15) is 0 Å². The summed E-state index contributed by atoms with van der Waals surface area (Å²) in [5.41, 5.74) is 6.58. The van der Waals surface area contributed by atoms with Crippen LogP contribution in [-0.4, -0.2) is 52.0 Å². The van der Waals surface area contributed by atoms with Crippen molar-refractivity contribution in [1.82, 2.24) is 19.8 Å². The minimum atomic E-state index is 0.496. The predicted molar refractivity (Wildman–Crippen MR) is 70.9 cm³/mol. The van der Waals surface area contributed by atoms with Crippen LogP contribution < -0.4 is 5.73 Å². The van der Waals surface area contributed by atoms with Gasteiger partial charge in [0.25, 0.3) is 0 Å². The van der Waals surface area contributed by atoms with Gasteiger partial charge in [-0.2, -0.15) is 0 Å². The number of rotatable bonds is 2. The predicted octanol–water partition coefficient (Wildman–Crippen LogP) is 0.729. The summed E-state index contributed by atoms with van der Waals surface area (Å²) < 4.78 is 0. The fourth-order valence-electron chi connectivity index (χ4n) is 3.04. The van der Waals surface area contributed by atoms with E-state index >= 15 is 0 Å². The van der Waals surface area contributed by atoms with Gasteiger partial charge in [0, 0.05) is 32.2 Å². The maximum absolute atomic E-state index is 5.55. The molecule has 0 radical (unpaired) electrons. The number of piperazine rings is 1. The van der Waals surface area contributed by atoms with Crippen molar-refractivity contribution in [2.45, 2.75) is 31.8 Å². The number of nitrogens with two attached hydrogens (primary N) is 1. The van der Waals surface area contributed by atoms with Crippen molar-refractivity contribution < 1.29 is 0 Å². The second kappa shape index (κ2) is 5.20. The van der Waals surface area contributed by atoms with Crippen LogP contribution in [0.1, 0.15) is 25.0 Å². The summed E-state index contributed by atoms with van der Waals surface area (Å²) >= 11 is 0. The SMILES string of the molecule is Nc1cnc(CN2CCN3CCCCC3C2)cn1. The second-order valence-corrected chi connectivity index (χ2v) is 5.35. The topological polar surface area (TPSA) is 58.3 Å². The van der Waals surface area contributed by atoms with Crippen molar-refractivity contribution in [2.24, 2.45) is 0 Å². The number of fused-ring (bicyclic) bond motifs is 1. The Hall–Kier alpha value is -1.20. The Morgan fingerprint density at radius 3 is 2.94 bits per heavy atom. The van der Waals surface area contributed by atoms with Crippen LogP contribution in [0.3, 0.4) is 0 Å². The second-order valence-electron chi connectivity index (χ2n) is 5.35. The Labute approximate surface area is 108 Å². The number of aromatic nitrogens is 2. The van der Waals surface area contributed by atoms with E-state index in [0.29, 0.717) is 5.82 Å². The Balaban J connectivity index is 1.59. The molecule has 0 aliphatic carbocycles.